The summed E-state index contributed by atoms with van der Waals surface area (Å²) in [5.41, 5.74) is 1.85. The maximum absolute atomic E-state index is 11.9. The van der Waals surface area contributed by atoms with Gasteiger partial charge < -0.3 is 10.4 Å². The van der Waals surface area contributed by atoms with Gasteiger partial charge in [-0.3, -0.25) is 4.79 Å². The predicted octanol–water partition coefficient (Wildman–Crippen LogP) is 2.39. The Morgan fingerprint density at radius 1 is 1.42 bits per heavy atom. The molecule has 5 heteroatoms. The van der Waals surface area contributed by atoms with Gasteiger partial charge in [0.25, 0.3) is 5.91 Å². The first-order valence-corrected chi connectivity index (χ1v) is 6.58. The summed E-state index contributed by atoms with van der Waals surface area (Å²) in [6.45, 7) is 2.13. The SMILES string of the molecule is Cc1ccc(NC(=O)C[n+]2cccc(O)c2)c(Br)c1. The van der Waals surface area contributed by atoms with Gasteiger partial charge in [0, 0.05) is 10.5 Å². The number of hydrogen-bond donors (Lipinski definition) is 2. The van der Waals surface area contributed by atoms with Crippen molar-refractivity contribution in [2.75, 3.05) is 5.32 Å². The highest BCUT2D eigenvalue weighted by atomic mass is 79.9. The number of aromatic hydroxyl groups is 1. The molecule has 19 heavy (non-hydrogen) atoms. The molecule has 0 aliphatic carbocycles. The van der Waals surface area contributed by atoms with Gasteiger partial charge in [-0.25, -0.2) is 0 Å². The third kappa shape index (κ3) is 3.79. The van der Waals surface area contributed by atoms with Crippen LogP contribution in [0.3, 0.4) is 0 Å². The van der Waals surface area contributed by atoms with Crippen LogP contribution < -0.4 is 9.88 Å². The second-order valence-corrected chi connectivity index (χ2v) is 5.12. The molecule has 2 N–H and O–H groups in total. The van der Waals surface area contributed by atoms with Gasteiger partial charge in [-0.15, -0.1) is 0 Å². The number of aryl methyl sites for hydroxylation is 1. The van der Waals surface area contributed by atoms with Crippen LogP contribution in [-0.4, -0.2) is 11.0 Å². The third-order valence-corrected chi connectivity index (χ3v) is 3.22. The van der Waals surface area contributed by atoms with E-state index in [1.54, 1.807) is 22.9 Å². The van der Waals surface area contributed by atoms with Crippen LogP contribution in [0.15, 0.2) is 47.2 Å². The van der Waals surface area contributed by atoms with Crippen molar-refractivity contribution < 1.29 is 14.5 Å². The molecule has 0 aliphatic rings. The van der Waals surface area contributed by atoms with Crippen LogP contribution >= 0.6 is 15.9 Å². The Labute approximate surface area is 119 Å². The Morgan fingerprint density at radius 3 is 2.89 bits per heavy atom. The molecule has 1 heterocycles. The van der Waals surface area contributed by atoms with Crippen LogP contribution in [0, 0.1) is 6.92 Å². The zero-order valence-corrected chi connectivity index (χ0v) is 12.0. The Balaban J connectivity index is 2.05. The number of carbonyl (C=O) groups excluding carboxylic acids is 1. The second kappa shape index (κ2) is 5.84. The fraction of sp³-hybridized carbons (Fsp3) is 0.143. The number of amides is 1. The second-order valence-electron chi connectivity index (χ2n) is 4.27. The van der Waals surface area contributed by atoms with E-state index in [4.69, 9.17) is 0 Å². The van der Waals surface area contributed by atoms with Gasteiger partial charge >= 0.3 is 0 Å². The molecule has 0 atom stereocenters. The highest BCUT2D eigenvalue weighted by Gasteiger charge is 2.11. The summed E-state index contributed by atoms with van der Waals surface area (Å²) in [5, 5.41) is 12.1. The third-order valence-electron chi connectivity index (χ3n) is 2.57. The van der Waals surface area contributed by atoms with Crippen molar-refractivity contribution in [2.45, 2.75) is 13.5 Å². The van der Waals surface area contributed by atoms with Gasteiger partial charge in [0.1, 0.15) is 0 Å². The highest BCUT2D eigenvalue weighted by Crippen LogP contribution is 2.23. The van der Waals surface area contributed by atoms with E-state index in [9.17, 15) is 9.90 Å². The van der Waals surface area contributed by atoms with Crippen LogP contribution in [0.4, 0.5) is 5.69 Å². The number of aromatic nitrogens is 1. The van der Waals surface area contributed by atoms with Crippen LogP contribution in [0.2, 0.25) is 0 Å². The number of pyridine rings is 1. The number of nitrogens with one attached hydrogen (secondary N) is 1. The van der Waals surface area contributed by atoms with Crippen molar-refractivity contribution in [3.8, 4) is 5.75 Å². The average molecular weight is 322 g/mol. The fourth-order valence-electron chi connectivity index (χ4n) is 1.68. The maximum atomic E-state index is 11.9. The first-order chi connectivity index (χ1) is 9.04. The summed E-state index contributed by atoms with van der Waals surface area (Å²) in [5.74, 6) is -0.0213. The molecule has 1 amide bonds. The Kier molecular flexibility index (Phi) is 4.16. The number of hydrogen-bond acceptors (Lipinski definition) is 2. The van der Waals surface area contributed by atoms with Crippen LogP contribution in [0.1, 0.15) is 5.56 Å². The predicted molar refractivity (Wildman–Crippen MR) is 75.8 cm³/mol. The zero-order chi connectivity index (χ0) is 13.8. The van der Waals surface area contributed by atoms with Crippen molar-refractivity contribution in [1.29, 1.82) is 0 Å². The van der Waals surface area contributed by atoms with E-state index in [0.717, 1.165) is 15.7 Å². The number of nitrogens with zero attached hydrogens (tertiary/aromatic N) is 1. The quantitative estimate of drug-likeness (QED) is 0.853. The largest absolute Gasteiger partial charge is 0.503 e. The number of rotatable bonds is 3. The number of anilines is 1. The minimum Gasteiger partial charge on any atom is -0.503 e. The van der Waals surface area contributed by atoms with Crippen molar-refractivity contribution >= 4 is 27.5 Å². The molecule has 1 aromatic heterocycles. The molecule has 0 spiro atoms. The normalized spacial score (nSPS) is 10.2. The van der Waals surface area contributed by atoms with Crippen LogP contribution in [0.5, 0.6) is 5.75 Å². The summed E-state index contributed by atoms with van der Waals surface area (Å²) in [6, 6.07) is 8.97. The van der Waals surface area contributed by atoms with Crippen molar-refractivity contribution in [1.82, 2.24) is 0 Å². The van der Waals surface area contributed by atoms with E-state index in [-0.39, 0.29) is 18.2 Å². The van der Waals surface area contributed by atoms with Gasteiger partial charge in [0.2, 0.25) is 12.7 Å². The van der Waals surface area contributed by atoms with Gasteiger partial charge in [-0.1, -0.05) is 6.07 Å². The number of halogens is 1. The van der Waals surface area contributed by atoms with Crippen molar-refractivity contribution in [3.05, 3.63) is 52.8 Å². The van der Waals surface area contributed by atoms with Gasteiger partial charge in [-0.2, -0.15) is 4.57 Å². The van der Waals surface area contributed by atoms with E-state index in [2.05, 4.69) is 21.2 Å². The smallest absolute Gasteiger partial charge is 0.290 e. The Hall–Kier alpha value is -1.88. The fourth-order valence-corrected chi connectivity index (χ4v) is 2.28. The molecule has 0 aliphatic heterocycles. The summed E-state index contributed by atoms with van der Waals surface area (Å²) in [6.07, 6.45) is 3.23. The van der Waals surface area contributed by atoms with Crippen molar-refractivity contribution in [3.63, 3.8) is 0 Å². The minimum absolute atomic E-state index is 0.131. The lowest BCUT2D eigenvalue weighted by Crippen LogP contribution is -2.39. The van der Waals surface area contributed by atoms with Crippen molar-refractivity contribution in [2.24, 2.45) is 0 Å². The standard InChI is InChI=1S/C14H13BrN2O2/c1-10-4-5-13(12(15)7-10)16-14(19)9-17-6-2-3-11(18)8-17/h2-8H,9H2,1H3,(H-,16,18,19)/p+1. The molecule has 0 fully saturated rings. The molecule has 2 aromatic rings. The first kappa shape index (κ1) is 13.5. The molecular weight excluding hydrogens is 308 g/mol. The Bertz CT molecular complexity index is 614. The van der Waals surface area contributed by atoms with Gasteiger partial charge in [0.15, 0.2) is 11.9 Å². The molecule has 0 bridgehead atoms. The molecule has 4 nitrogen and oxygen atoms in total. The van der Waals surface area contributed by atoms with Crippen LogP contribution in [-0.2, 0) is 11.3 Å². The summed E-state index contributed by atoms with van der Waals surface area (Å²) in [4.78, 5) is 11.9. The van der Waals surface area contributed by atoms with E-state index < -0.39 is 0 Å². The molecule has 1 aromatic carbocycles. The average Bonchev–Trinajstić information content (AvgIpc) is 2.33. The lowest BCUT2D eigenvalue weighted by atomic mass is 10.2. The molecule has 0 radical (unpaired) electrons. The maximum Gasteiger partial charge on any atom is 0.290 e. The van der Waals surface area contributed by atoms with Gasteiger partial charge in [-0.05, 0) is 46.6 Å². The number of benzene rings is 1. The molecule has 0 saturated carbocycles. The lowest BCUT2D eigenvalue weighted by Gasteiger charge is -2.06. The summed E-state index contributed by atoms with van der Waals surface area (Å²) < 4.78 is 2.47. The topological polar surface area (TPSA) is 53.2 Å². The van der Waals surface area contributed by atoms with E-state index >= 15 is 0 Å². The summed E-state index contributed by atoms with van der Waals surface area (Å²) >= 11 is 3.41. The van der Waals surface area contributed by atoms with Gasteiger partial charge in [0.05, 0.1) is 5.69 Å². The van der Waals surface area contributed by atoms with E-state index in [1.165, 1.54) is 6.20 Å². The first-order valence-electron chi connectivity index (χ1n) is 5.78. The molecular formula is C14H14BrN2O2+. The molecule has 2 rings (SSSR count). The minimum atomic E-state index is -0.153. The monoisotopic (exact) mass is 321 g/mol. The highest BCUT2D eigenvalue weighted by molar-refractivity contribution is 9.10. The lowest BCUT2D eigenvalue weighted by molar-refractivity contribution is -0.684. The van der Waals surface area contributed by atoms with E-state index in [0.29, 0.717) is 0 Å². The summed E-state index contributed by atoms with van der Waals surface area (Å²) in [7, 11) is 0. The van der Waals surface area contributed by atoms with E-state index in [1.807, 2.05) is 25.1 Å². The molecule has 0 unspecified atom stereocenters. The van der Waals surface area contributed by atoms with Crippen LogP contribution in [0.25, 0.3) is 0 Å². The Morgan fingerprint density at radius 2 is 2.21 bits per heavy atom. The molecule has 0 saturated heterocycles. The zero-order valence-electron chi connectivity index (χ0n) is 10.4. The molecule has 98 valence electrons. The number of carbonyl (C=O) groups is 1.